The highest BCUT2D eigenvalue weighted by molar-refractivity contribution is 6.42. The second-order valence-corrected chi connectivity index (χ2v) is 5.99. The molecule has 0 aliphatic carbocycles. The number of benzene rings is 2. The summed E-state index contributed by atoms with van der Waals surface area (Å²) in [5.41, 5.74) is 0.521. The number of nitrogens with zero attached hydrogens (tertiary/aromatic N) is 2. The Hall–Kier alpha value is -2.96. The molecule has 0 aliphatic rings. The van der Waals surface area contributed by atoms with Crippen LogP contribution in [0.25, 0.3) is 17.0 Å². The zero-order valence-electron chi connectivity index (χ0n) is 13.1. The molecule has 0 fully saturated rings. The Morgan fingerprint density at radius 3 is 2.69 bits per heavy atom. The number of aromatic nitrogens is 1. The Morgan fingerprint density at radius 2 is 1.96 bits per heavy atom. The van der Waals surface area contributed by atoms with E-state index in [2.05, 4.69) is 4.98 Å². The molecule has 2 aromatic carbocycles. The number of rotatable bonds is 4. The molecule has 0 saturated carbocycles. The van der Waals surface area contributed by atoms with Crippen LogP contribution >= 0.6 is 23.2 Å². The van der Waals surface area contributed by atoms with Crippen LogP contribution < -0.4 is 4.74 Å². The maximum absolute atomic E-state index is 12.1. The lowest BCUT2D eigenvalue weighted by Crippen LogP contribution is -2.07. The van der Waals surface area contributed by atoms with Crippen LogP contribution in [0.2, 0.25) is 10.0 Å². The van der Waals surface area contributed by atoms with E-state index in [-0.39, 0.29) is 17.0 Å². The number of nitro groups is 1. The third-order valence-corrected chi connectivity index (χ3v) is 4.20. The number of hydrogen-bond donors (Lipinski definition) is 0. The van der Waals surface area contributed by atoms with Gasteiger partial charge in [-0.15, -0.1) is 0 Å². The summed E-state index contributed by atoms with van der Waals surface area (Å²) in [5, 5.41) is 12.6. The SMILES string of the molecule is O=C(/C=C/c1ccc(Cl)c(Cl)c1)Oc1c([N+](=O)[O-])ccc2cccnc12. The highest BCUT2D eigenvalue weighted by Gasteiger charge is 2.21. The van der Waals surface area contributed by atoms with Crippen molar-refractivity contribution in [1.82, 2.24) is 4.98 Å². The van der Waals surface area contributed by atoms with Gasteiger partial charge in [-0.1, -0.05) is 35.3 Å². The van der Waals surface area contributed by atoms with Crippen LogP contribution in [0.1, 0.15) is 5.56 Å². The van der Waals surface area contributed by atoms with Crippen molar-refractivity contribution < 1.29 is 14.5 Å². The van der Waals surface area contributed by atoms with Gasteiger partial charge in [0, 0.05) is 23.7 Å². The molecule has 3 rings (SSSR count). The van der Waals surface area contributed by atoms with Crippen molar-refractivity contribution in [3.05, 3.63) is 80.5 Å². The van der Waals surface area contributed by atoms with Gasteiger partial charge in [0.25, 0.3) is 0 Å². The molecule has 0 spiro atoms. The Kier molecular flexibility index (Phi) is 5.16. The number of fused-ring (bicyclic) bond motifs is 1. The summed E-state index contributed by atoms with van der Waals surface area (Å²) in [7, 11) is 0. The maximum Gasteiger partial charge on any atom is 0.336 e. The van der Waals surface area contributed by atoms with Gasteiger partial charge in [0.2, 0.25) is 5.75 Å². The molecular weight excluding hydrogens is 379 g/mol. The second kappa shape index (κ2) is 7.51. The monoisotopic (exact) mass is 388 g/mol. The minimum atomic E-state index is -0.780. The minimum absolute atomic E-state index is 0.197. The number of pyridine rings is 1. The van der Waals surface area contributed by atoms with E-state index in [0.29, 0.717) is 21.0 Å². The number of esters is 1. The third-order valence-electron chi connectivity index (χ3n) is 3.46. The summed E-state index contributed by atoms with van der Waals surface area (Å²) in [5.74, 6) is -0.978. The van der Waals surface area contributed by atoms with E-state index in [1.54, 1.807) is 36.4 Å². The smallest absolute Gasteiger partial charge is 0.336 e. The van der Waals surface area contributed by atoms with Gasteiger partial charge in [-0.3, -0.25) is 15.1 Å². The number of ether oxygens (including phenoxy) is 1. The van der Waals surface area contributed by atoms with E-state index in [4.69, 9.17) is 27.9 Å². The van der Waals surface area contributed by atoms with Crippen molar-refractivity contribution in [2.75, 3.05) is 0 Å². The van der Waals surface area contributed by atoms with Crippen LogP contribution in [0, 0.1) is 10.1 Å². The molecule has 1 heterocycles. The van der Waals surface area contributed by atoms with E-state index >= 15 is 0 Å². The predicted molar refractivity (Wildman–Crippen MR) is 99.5 cm³/mol. The topological polar surface area (TPSA) is 82.3 Å². The molecule has 3 aromatic rings. The molecule has 8 heteroatoms. The Bertz CT molecular complexity index is 1050. The molecule has 0 radical (unpaired) electrons. The number of carbonyl (C=O) groups excluding carboxylic acids is 1. The van der Waals surface area contributed by atoms with Gasteiger partial charge >= 0.3 is 11.7 Å². The maximum atomic E-state index is 12.1. The summed E-state index contributed by atoms with van der Waals surface area (Å²) in [6, 6.07) is 11.1. The number of hydrogen-bond acceptors (Lipinski definition) is 5. The van der Waals surface area contributed by atoms with Gasteiger partial charge in [0.15, 0.2) is 0 Å². The van der Waals surface area contributed by atoms with E-state index in [0.717, 1.165) is 6.08 Å². The quantitative estimate of drug-likeness (QED) is 0.205. The highest BCUT2D eigenvalue weighted by atomic mass is 35.5. The molecule has 26 heavy (non-hydrogen) atoms. The summed E-state index contributed by atoms with van der Waals surface area (Å²) < 4.78 is 5.21. The summed E-state index contributed by atoms with van der Waals surface area (Å²) in [6.45, 7) is 0. The van der Waals surface area contributed by atoms with E-state index < -0.39 is 10.9 Å². The van der Waals surface area contributed by atoms with E-state index in [1.165, 1.54) is 18.3 Å². The lowest BCUT2D eigenvalue weighted by atomic mass is 10.2. The average molecular weight is 389 g/mol. The molecule has 0 aliphatic heterocycles. The average Bonchev–Trinajstić information content (AvgIpc) is 2.62. The third kappa shape index (κ3) is 3.82. The van der Waals surface area contributed by atoms with Crippen LogP contribution in [0.3, 0.4) is 0 Å². The number of halogens is 2. The first kappa shape index (κ1) is 17.8. The fraction of sp³-hybridized carbons (Fsp3) is 0. The van der Waals surface area contributed by atoms with Crippen LogP contribution in [0.15, 0.2) is 54.7 Å². The van der Waals surface area contributed by atoms with Crippen molar-refractivity contribution in [1.29, 1.82) is 0 Å². The van der Waals surface area contributed by atoms with Gasteiger partial charge in [-0.05, 0) is 35.9 Å². The second-order valence-electron chi connectivity index (χ2n) is 5.17. The standard InChI is InChI=1S/C18H10Cl2N2O4/c19-13-6-3-11(10-14(13)20)4-8-16(23)26-18-15(22(24)25)7-5-12-2-1-9-21-17(12)18/h1-10H/b8-4+. The zero-order chi connectivity index (χ0) is 18.7. The molecule has 0 unspecified atom stereocenters. The lowest BCUT2D eigenvalue weighted by molar-refractivity contribution is -0.385. The molecule has 0 N–H and O–H groups in total. The van der Waals surface area contributed by atoms with Crippen molar-refractivity contribution >= 4 is 51.8 Å². The van der Waals surface area contributed by atoms with Crippen molar-refractivity contribution in [2.45, 2.75) is 0 Å². The van der Waals surface area contributed by atoms with Crippen molar-refractivity contribution in [3.8, 4) is 5.75 Å². The summed E-state index contributed by atoms with van der Waals surface area (Å²) in [4.78, 5) is 26.8. The zero-order valence-corrected chi connectivity index (χ0v) is 14.6. The van der Waals surface area contributed by atoms with Crippen LogP contribution in [-0.2, 0) is 4.79 Å². The first-order valence-corrected chi connectivity index (χ1v) is 8.08. The lowest BCUT2D eigenvalue weighted by Gasteiger charge is -2.06. The van der Waals surface area contributed by atoms with Crippen molar-refractivity contribution in [2.24, 2.45) is 0 Å². The minimum Gasteiger partial charge on any atom is -0.414 e. The first-order valence-electron chi connectivity index (χ1n) is 7.33. The Morgan fingerprint density at radius 1 is 1.15 bits per heavy atom. The summed E-state index contributed by atoms with van der Waals surface area (Å²) in [6.07, 6.45) is 4.08. The van der Waals surface area contributed by atoms with Crippen LogP contribution in [0.4, 0.5) is 5.69 Å². The number of nitro benzene ring substituents is 1. The number of carbonyl (C=O) groups is 1. The van der Waals surface area contributed by atoms with Crippen LogP contribution in [-0.4, -0.2) is 15.9 Å². The van der Waals surface area contributed by atoms with Gasteiger partial charge in [-0.2, -0.15) is 0 Å². The fourth-order valence-corrected chi connectivity index (χ4v) is 2.57. The largest absolute Gasteiger partial charge is 0.414 e. The molecule has 6 nitrogen and oxygen atoms in total. The summed E-state index contributed by atoms with van der Waals surface area (Å²) >= 11 is 11.7. The van der Waals surface area contributed by atoms with Gasteiger partial charge in [0.05, 0.1) is 15.0 Å². The fourth-order valence-electron chi connectivity index (χ4n) is 2.27. The molecule has 0 bridgehead atoms. The van der Waals surface area contributed by atoms with Crippen LogP contribution in [0.5, 0.6) is 5.75 Å². The van der Waals surface area contributed by atoms with Gasteiger partial charge < -0.3 is 4.74 Å². The molecule has 0 atom stereocenters. The highest BCUT2D eigenvalue weighted by Crippen LogP contribution is 2.34. The molecule has 130 valence electrons. The normalized spacial score (nSPS) is 11.0. The molecule has 0 saturated heterocycles. The van der Waals surface area contributed by atoms with Gasteiger partial charge in [0.1, 0.15) is 5.52 Å². The van der Waals surface area contributed by atoms with Gasteiger partial charge in [-0.25, -0.2) is 4.79 Å². The molecule has 1 aromatic heterocycles. The predicted octanol–water partition coefficient (Wildman–Crippen LogP) is 5.07. The van der Waals surface area contributed by atoms with E-state index in [1.807, 2.05) is 0 Å². The molecular formula is C18H10Cl2N2O4. The first-order chi connectivity index (χ1) is 12.5. The van der Waals surface area contributed by atoms with Crippen molar-refractivity contribution in [3.63, 3.8) is 0 Å². The Labute approximate surface area is 157 Å². The Balaban J connectivity index is 1.91. The van der Waals surface area contributed by atoms with E-state index in [9.17, 15) is 14.9 Å². The molecule has 0 amide bonds.